The van der Waals surface area contributed by atoms with Crippen LogP contribution in [0.4, 0.5) is 0 Å². The monoisotopic (exact) mass is 256 g/mol. The Morgan fingerprint density at radius 2 is 1.89 bits per heavy atom. The van der Waals surface area contributed by atoms with Crippen molar-refractivity contribution in [1.29, 1.82) is 0 Å². The first kappa shape index (κ1) is 11.5. The van der Waals surface area contributed by atoms with Gasteiger partial charge in [-0.05, 0) is 50.5 Å². The highest BCUT2D eigenvalue weighted by Gasteiger charge is 2.55. The molecule has 1 fully saturated rings. The van der Waals surface area contributed by atoms with Gasteiger partial charge in [-0.2, -0.15) is 0 Å². The largest absolute Gasteiger partial charge is 0.466 e. The van der Waals surface area contributed by atoms with Gasteiger partial charge in [0.25, 0.3) is 0 Å². The van der Waals surface area contributed by atoms with E-state index in [2.05, 4.69) is 19.9 Å². The number of allylic oxidation sites excluding steroid dienone is 5. The maximum atomic E-state index is 12.0. The highest BCUT2D eigenvalue weighted by Crippen LogP contribution is 2.65. The van der Waals surface area contributed by atoms with Gasteiger partial charge in [-0.15, -0.1) is 0 Å². The lowest BCUT2D eigenvalue weighted by Gasteiger charge is -2.23. The van der Waals surface area contributed by atoms with Gasteiger partial charge in [0.1, 0.15) is 0 Å². The average Bonchev–Trinajstić information content (AvgIpc) is 3.12. The summed E-state index contributed by atoms with van der Waals surface area (Å²) in [5.41, 5.74) is 7.08. The number of ether oxygens (including phenoxy) is 1. The summed E-state index contributed by atoms with van der Waals surface area (Å²) in [6, 6.07) is 0. The summed E-state index contributed by atoms with van der Waals surface area (Å²) in [7, 11) is 1.49. The zero-order valence-electron chi connectivity index (χ0n) is 11.8. The topological polar surface area (TPSA) is 26.3 Å². The Labute approximate surface area is 114 Å². The molecule has 1 saturated carbocycles. The molecule has 0 N–H and O–H groups in total. The van der Waals surface area contributed by atoms with Crippen LogP contribution in [0.5, 0.6) is 0 Å². The van der Waals surface area contributed by atoms with E-state index in [0.717, 1.165) is 17.4 Å². The van der Waals surface area contributed by atoms with Crippen LogP contribution in [0.3, 0.4) is 0 Å². The van der Waals surface area contributed by atoms with Crippen LogP contribution in [0, 0.1) is 23.7 Å². The second-order valence-corrected chi connectivity index (χ2v) is 6.60. The number of esters is 1. The molecule has 4 rings (SSSR count). The number of carbonyl (C=O) groups excluding carboxylic acids is 1. The van der Waals surface area contributed by atoms with Crippen molar-refractivity contribution < 1.29 is 9.53 Å². The lowest BCUT2D eigenvalue weighted by Crippen LogP contribution is -2.17. The first-order valence-electron chi connectivity index (χ1n) is 7.34. The molecule has 2 heteroatoms. The van der Waals surface area contributed by atoms with Crippen molar-refractivity contribution in [2.75, 3.05) is 7.11 Å². The highest BCUT2D eigenvalue weighted by molar-refractivity contribution is 5.93. The van der Waals surface area contributed by atoms with E-state index >= 15 is 0 Å². The van der Waals surface area contributed by atoms with Gasteiger partial charge in [0.05, 0.1) is 7.11 Å². The summed E-state index contributed by atoms with van der Waals surface area (Å²) in [5, 5.41) is 0. The van der Waals surface area contributed by atoms with Crippen molar-refractivity contribution in [2.24, 2.45) is 23.7 Å². The van der Waals surface area contributed by atoms with E-state index in [1.54, 1.807) is 11.1 Å². The highest BCUT2D eigenvalue weighted by atomic mass is 16.5. The van der Waals surface area contributed by atoms with Crippen LogP contribution in [0.1, 0.15) is 33.1 Å². The van der Waals surface area contributed by atoms with Crippen molar-refractivity contribution >= 4 is 5.97 Å². The molecule has 19 heavy (non-hydrogen) atoms. The van der Waals surface area contributed by atoms with E-state index in [9.17, 15) is 4.79 Å². The third-order valence-electron chi connectivity index (χ3n) is 5.59. The molecule has 0 aromatic heterocycles. The van der Waals surface area contributed by atoms with Crippen LogP contribution in [0.15, 0.2) is 33.9 Å². The zero-order valence-corrected chi connectivity index (χ0v) is 11.8. The zero-order chi connectivity index (χ0) is 13.3. The first-order chi connectivity index (χ1) is 9.13. The molecule has 4 bridgehead atoms. The third-order valence-corrected chi connectivity index (χ3v) is 5.59. The van der Waals surface area contributed by atoms with E-state index in [1.165, 1.54) is 37.5 Å². The number of carbonyl (C=O) groups is 1. The van der Waals surface area contributed by atoms with E-state index in [-0.39, 0.29) is 11.9 Å². The summed E-state index contributed by atoms with van der Waals surface area (Å²) in [6.45, 7) is 4.38. The summed E-state index contributed by atoms with van der Waals surface area (Å²) in [5.74, 6) is 2.13. The fraction of sp³-hybridized carbons (Fsp3) is 0.588. The molecule has 2 nitrogen and oxygen atoms in total. The molecule has 100 valence electrons. The molecule has 0 spiro atoms. The van der Waals surface area contributed by atoms with E-state index < -0.39 is 0 Å². The van der Waals surface area contributed by atoms with Crippen molar-refractivity contribution in [3.8, 4) is 0 Å². The first-order valence-corrected chi connectivity index (χ1v) is 7.34. The molecule has 0 amide bonds. The van der Waals surface area contributed by atoms with E-state index in [1.807, 2.05) is 0 Å². The predicted octanol–water partition coefficient (Wildman–Crippen LogP) is 3.41. The maximum absolute atomic E-state index is 12.0. The summed E-state index contributed by atoms with van der Waals surface area (Å²) in [4.78, 5) is 12.0. The molecule has 0 heterocycles. The summed E-state index contributed by atoms with van der Waals surface area (Å²) in [6.07, 6.45) is 6.23. The van der Waals surface area contributed by atoms with Gasteiger partial charge in [0.2, 0.25) is 0 Å². The normalized spacial score (nSPS) is 37.8. The Morgan fingerprint density at radius 1 is 1.21 bits per heavy atom. The molecule has 0 aromatic carbocycles. The minimum atomic E-state index is -0.124. The molecule has 0 unspecified atom stereocenters. The summed E-state index contributed by atoms with van der Waals surface area (Å²) >= 11 is 0. The number of methoxy groups -OCH3 is 1. The van der Waals surface area contributed by atoms with Crippen LogP contribution in [-0.2, 0) is 9.53 Å². The SMILES string of the molecule is COC(=O)C1=C[C@H]2C3=C([C@@H]4CC[C@H]3C4)[C@@H]1C2=C(C)C. The molecule has 4 atom stereocenters. The molecule has 0 saturated heterocycles. The smallest absolute Gasteiger partial charge is 0.334 e. The molecule has 0 aromatic rings. The molecule has 0 radical (unpaired) electrons. The van der Waals surface area contributed by atoms with Crippen molar-refractivity contribution in [3.63, 3.8) is 0 Å². The number of hydrogen-bond donors (Lipinski definition) is 0. The quantitative estimate of drug-likeness (QED) is 0.408. The Hall–Kier alpha value is -1.31. The van der Waals surface area contributed by atoms with E-state index in [4.69, 9.17) is 4.74 Å². The minimum absolute atomic E-state index is 0.124. The van der Waals surface area contributed by atoms with Crippen LogP contribution in [0.2, 0.25) is 0 Å². The number of fused-ring (bicyclic) bond motifs is 8. The van der Waals surface area contributed by atoms with Crippen LogP contribution in [-0.4, -0.2) is 13.1 Å². The predicted molar refractivity (Wildman–Crippen MR) is 73.3 cm³/mol. The van der Waals surface area contributed by atoms with Gasteiger partial charge in [0, 0.05) is 17.4 Å². The fourth-order valence-electron chi connectivity index (χ4n) is 5.06. The van der Waals surface area contributed by atoms with Gasteiger partial charge < -0.3 is 4.74 Å². The lowest BCUT2D eigenvalue weighted by atomic mass is 9.82. The van der Waals surface area contributed by atoms with Crippen LogP contribution < -0.4 is 0 Å². The van der Waals surface area contributed by atoms with Crippen molar-refractivity contribution in [2.45, 2.75) is 33.1 Å². The molecule has 4 aliphatic carbocycles. The molecule has 0 aliphatic heterocycles. The third kappa shape index (κ3) is 1.25. The Balaban J connectivity index is 1.84. The lowest BCUT2D eigenvalue weighted by molar-refractivity contribution is -0.136. The molecule has 4 aliphatic rings. The number of hydrogen-bond acceptors (Lipinski definition) is 2. The second kappa shape index (κ2) is 3.62. The van der Waals surface area contributed by atoms with Gasteiger partial charge >= 0.3 is 5.97 Å². The van der Waals surface area contributed by atoms with Gasteiger partial charge in [-0.1, -0.05) is 22.8 Å². The average molecular weight is 256 g/mol. The van der Waals surface area contributed by atoms with Crippen LogP contribution in [0.25, 0.3) is 0 Å². The molecular formula is C17H20O2. The van der Waals surface area contributed by atoms with Crippen molar-refractivity contribution in [1.82, 2.24) is 0 Å². The van der Waals surface area contributed by atoms with Crippen LogP contribution >= 0.6 is 0 Å². The Kier molecular flexibility index (Phi) is 2.19. The standard InChI is InChI=1S/C17H20O2/c1-8(2)13-11-7-12(17(18)19-3)16(13)15-10-5-4-9(6-10)14(11)15/h7,9-11,16H,4-6H2,1-3H3/t9-,10+,11+,16-/m0/s1. The van der Waals surface area contributed by atoms with Crippen molar-refractivity contribution in [3.05, 3.63) is 33.9 Å². The van der Waals surface area contributed by atoms with Gasteiger partial charge in [-0.3, -0.25) is 0 Å². The summed E-state index contributed by atoms with van der Waals surface area (Å²) < 4.78 is 4.99. The molecular weight excluding hydrogens is 236 g/mol. The Bertz CT molecular complexity index is 572. The fourth-order valence-corrected chi connectivity index (χ4v) is 5.06. The second-order valence-electron chi connectivity index (χ2n) is 6.60. The Morgan fingerprint density at radius 3 is 2.53 bits per heavy atom. The van der Waals surface area contributed by atoms with Gasteiger partial charge in [0.15, 0.2) is 0 Å². The maximum Gasteiger partial charge on any atom is 0.334 e. The minimum Gasteiger partial charge on any atom is -0.466 e. The number of rotatable bonds is 1. The van der Waals surface area contributed by atoms with E-state index in [0.29, 0.717) is 5.92 Å². The van der Waals surface area contributed by atoms with Gasteiger partial charge in [-0.25, -0.2) is 4.79 Å².